The lowest BCUT2D eigenvalue weighted by Gasteiger charge is -2.48. The maximum Gasteiger partial charge on any atom is 0.280 e. The van der Waals surface area contributed by atoms with Crippen LogP contribution in [0.5, 0.6) is 0 Å². The van der Waals surface area contributed by atoms with Gasteiger partial charge >= 0.3 is 0 Å². The van der Waals surface area contributed by atoms with Crippen LogP contribution in [0.15, 0.2) is 80.9 Å². The summed E-state index contributed by atoms with van der Waals surface area (Å²) in [6.45, 7) is 1.93. The van der Waals surface area contributed by atoms with Gasteiger partial charge in [0.2, 0.25) is 11.6 Å². The van der Waals surface area contributed by atoms with E-state index in [-0.39, 0.29) is 41.4 Å². The predicted molar refractivity (Wildman–Crippen MR) is 126 cm³/mol. The molecule has 0 aromatic carbocycles. The maximum absolute atomic E-state index is 12.4. The molecule has 186 valence electrons. The SMILES string of the molecule is C[C@@H]1C(=O)N2C(C(=O)[O-])=CCS[C@@H]12.O=C(N[C@@H]1C=C[C+]=CN1)C(=NOCc1ccco1)c1ccco1. The number of allylic oxidation sites excluding steroid dienone is 2. The number of oxime groups is 1. The number of nitrogens with one attached hydrogen (secondary N) is 2. The van der Waals surface area contributed by atoms with E-state index < -0.39 is 11.9 Å². The van der Waals surface area contributed by atoms with Crippen LogP contribution in [0.25, 0.3) is 0 Å². The summed E-state index contributed by atoms with van der Waals surface area (Å²) in [5.41, 5.74) is 0.0714. The fourth-order valence-corrected chi connectivity index (χ4v) is 4.67. The Bertz CT molecular complexity index is 1200. The summed E-state index contributed by atoms with van der Waals surface area (Å²) >= 11 is 1.58. The van der Waals surface area contributed by atoms with Gasteiger partial charge in [-0.25, -0.2) is 0 Å². The second kappa shape index (κ2) is 11.4. The monoisotopic (exact) mass is 510 g/mol. The first kappa shape index (κ1) is 24.8. The molecular weight excluding hydrogens is 488 g/mol. The molecule has 1 saturated heterocycles. The standard InChI is InChI=1S/C16H13N3O4.C8H9NO3S/c20-16(18-14-7-1-2-8-17-14)15(13-6-4-10-22-13)19-23-11-12-5-3-9-21-12;1-4-6(10)9-5(8(11)12)2-3-13-7(4)9/h1,3-10,14,17H,11H2;2,4,7H,3H2,1H3,(H,11,12)/t14-;4-,7+/m11/s1. The van der Waals surface area contributed by atoms with Crippen LogP contribution in [-0.2, 0) is 25.8 Å². The molecule has 12 heteroatoms. The highest BCUT2D eigenvalue weighted by atomic mass is 32.2. The molecule has 2 aromatic rings. The van der Waals surface area contributed by atoms with Gasteiger partial charge in [0.05, 0.1) is 41.6 Å². The first-order valence-corrected chi connectivity index (χ1v) is 11.9. The summed E-state index contributed by atoms with van der Waals surface area (Å²) < 4.78 is 10.4. The van der Waals surface area contributed by atoms with Crippen molar-refractivity contribution in [2.75, 3.05) is 5.75 Å². The Balaban J connectivity index is 0.000000197. The smallest absolute Gasteiger partial charge is 0.280 e. The highest BCUT2D eigenvalue weighted by molar-refractivity contribution is 8.00. The summed E-state index contributed by atoms with van der Waals surface area (Å²) in [7, 11) is 0. The zero-order chi connectivity index (χ0) is 25.5. The fourth-order valence-electron chi connectivity index (χ4n) is 3.45. The number of carboxylic acid groups (broad SMARTS) is 1. The van der Waals surface area contributed by atoms with Gasteiger partial charge in [-0.1, -0.05) is 12.1 Å². The molecule has 2 N–H and O–H groups in total. The summed E-state index contributed by atoms with van der Waals surface area (Å²) in [6, 6.07) is 6.80. The van der Waals surface area contributed by atoms with Crippen LogP contribution in [-0.4, -0.2) is 45.7 Å². The molecule has 0 unspecified atom stereocenters. The second-order valence-electron chi connectivity index (χ2n) is 7.66. The largest absolute Gasteiger partial charge is 0.543 e. The number of hydrogen-bond donors (Lipinski definition) is 2. The third kappa shape index (κ3) is 5.68. The average molecular weight is 511 g/mol. The minimum atomic E-state index is -1.26. The molecule has 2 aromatic heterocycles. The summed E-state index contributed by atoms with van der Waals surface area (Å²) in [4.78, 5) is 40.8. The first-order chi connectivity index (χ1) is 17.5. The van der Waals surface area contributed by atoms with Crippen molar-refractivity contribution in [2.24, 2.45) is 11.1 Å². The number of carbonyl (C=O) groups is 3. The van der Waals surface area contributed by atoms with Gasteiger partial charge in [-0.3, -0.25) is 14.5 Å². The van der Waals surface area contributed by atoms with Gasteiger partial charge in [-0.05, 0) is 30.3 Å². The number of nitrogens with zero attached hydrogens (tertiary/aromatic N) is 2. The van der Waals surface area contributed by atoms with Gasteiger partial charge < -0.3 is 34.2 Å². The summed E-state index contributed by atoms with van der Waals surface area (Å²) in [6.07, 6.45) is 12.1. The lowest BCUT2D eigenvalue weighted by Crippen LogP contribution is -2.60. The van der Waals surface area contributed by atoms with Crippen molar-refractivity contribution < 1.29 is 33.2 Å². The Morgan fingerprint density at radius 1 is 1.33 bits per heavy atom. The second-order valence-corrected chi connectivity index (χ2v) is 8.81. The molecule has 3 atom stereocenters. The lowest BCUT2D eigenvalue weighted by atomic mass is 9.99. The topological polar surface area (TPSA) is 149 Å². The number of carboxylic acids is 1. The number of hydrogen-bond acceptors (Lipinski definition) is 10. The number of dihydropyridines is 1. The number of furan rings is 2. The van der Waals surface area contributed by atoms with Gasteiger partial charge in [0.25, 0.3) is 5.91 Å². The first-order valence-electron chi connectivity index (χ1n) is 10.9. The Labute approximate surface area is 210 Å². The predicted octanol–water partition coefficient (Wildman–Crippen LogP) is 0.883. The Morgan fingerprint density at radius 3 is 2.81 bits per heavy atom. The van der Waals surface area contributed by atoms with E-state index in [2.05, 4.69) is 21.9 Å². The zero-order valence-electron chi connectivity index (χ0n) is 19.1. The number of carbonyl (C=O) groups excluding carboxylic acids is 3. The fraction of sp³-hybridized carbons (Fsp3) is 0.250. The van der Waals surface area contributed by atoms with Crippen molar-refractivity contribution in [3.05, 3.63) is 84.5 Å². The van der Waals surface area contributed by atoms with E-state index in [9.17, 15) is 19.5 Å². The van der Waals surface area contributed by atoms with Crippen LogP contribution < -0.4 is 15.7 Å². The molecule has 5 heterocycles. The Morgan fingerprint density at radius 2 is 2.14 bits per heavy atom. The zero-order valence-corrected chi connectivity index (χ0v) is 19.9. The maximum atomic E-state index is 12.4. The highest BCUT2D eigenvalue weighted by Gasteiger charge is 2.47. The van der Waals surface area contributed by atoms with Crippen LogP contribution in [0.2, 0.25) is 0 Å². The van der Waals surface area contributed by atoms with Gasteiger partial charge in [-0.2, -0.15) is 0 Å². The van der Waals surface area contributed by atoms with Crippen LogP contribution >= 0.6 is 11.8 Å². The quantitative estimate of drug-likeness (QED) is 0.240. The summed E-state index contributed by atoms with van der Waals surface area (Å²) in [5.74, 6) is -0.320. The van der Waals surface area contributed by atoms with Crippen molar-refractivity contribution in [2.45, 2.75) is 25.1 Å². The van der Waals surface area contributed by atoms with Crippen LogP contribution in [0.1, 0.15) is 18.4 Å². The van der Waals surface area contributed by atoms with E-state index in [0.717, 1.165) is 0 Å². The van der Waals surface area contributed by atoms with E-state index in [1.807, 2.05) is 6.92 Å². The van der Waals surface area contributed by atoms with E-state index >= 15 is 0 Å². The number of rotatable bonds is 7. The molecule has 11 nitrogen and oxygen atoms in total. The van der Waals surface area contributed by atoms with Gasteiger partial charge in [0.15, 0.2) is 24.6 Å². The van der Waals surface area contributed by atoms with Crippen molar-refractivity contribution in [1.29, 1.82) is 0 Å². The Kier molecular flexibility index (Phi) is 7.89. The minimum Gasteiger partial charge on any atom is -0.543 e. The highest BCUT2D eigenvalue weighted by Crippen LogP contribution is 2.40. The summed E-state index contributed by atoms with van der Waals surface area (Å²) in [5, 5.41) is 20.2. The Hall–Kier alpha value is -4.28. The molecular formula is C24H22N4O7S. The van der Waals surface area contributed by atoms with Crippen molar-refractivity contribution in [3.63, 3.8) is 0 Å². The van der Waals surface area contributed by atoms with Crippen LogP contribution in [0.3, 0.4) is 0 Å². The molecule has 36 heavy (non-hydrogen) atoms. The van der Waals surface area contributed by atoms with Crippen molar-refractivity contribution in [1.82, 2.24) is 15.5 Å². The molecule has 0 radical (unpaired) electrons. The van der Waals surface area contributed by atoms with E-state index in [1.54, 1.807) is 54.4 Å². The number of thioether (sulfide) groups is 1. The van der Waals surface area contributed by atoms with Crippen LogP contribution in [0, 0.1) is 12.0 Å². The number of β-lactam (4-membered cyclic amide) rings is 1. The van der Waals surface area contributed by atoms with Crippen LogP contribution in [0.4, 0.5) is 0 Å². The number of fused-ring (bicyclic) bond motifs is 1. The average Bonchev–Trinajstić information content (AvgIpc) is 3.61. The molecule has 0 spiro atoms. The van der Waals surface area contributed by atoms with E-state index in [1.165, 1.54) is 23.5 Å². The van der Waals surface area contributed by atoms with Crippen molar-refractivity contribution in [3.8, 4) is 0 Å². The molecule has 3 aliphatic heterocycles. The number of aliphatic carboxylic acids is 1. The molecule has 5 rings (SSSR count). The third-order valence-electron chi connectivity index (χ3n) is 5.25. The lowest BCUT2D eigenvalue weighted by molar-refractivity contribution is -0.301. The third-order valence-corrected chi connectivity index (χ3v) is 6.57. The normalized spacial score (nSPS) is 22.1. The molecule has 0 saturated carbocycles. The van der Waals surface area contributed by atoms with Crippen molar-refractivity contribution >= 4 is 35.3 Å². The minimum absolute atomic E-state index is 0.00500. The van der Waals surface area contributed by atoms with Gasteiger partial charge in [0, 0.05) is 5.75 Å². The molecule has 0 aliphatic carbocycles. The molecule has 3 aliphatic rings. The van der Waals surface area contributed by atoms with Gasteiger partial charge in [-0.15, -0.1) is 11.8 Å². The molecule has 1 fully saturated rings. The van der Waals surface area contributed by atoms with E-state index in [4.69, 9.17) is 13.7 Å². The molecule has 2 amide bonds. The molecule has 0 bridgehead atoms. The number of amides is 2. The van der Waals surface area contributed by atoms with E-state index in [0.29, 0.717) is 17.3 Å². The van der Waals surface area contributed by atoms with Gasteiger partial charge in [0.1, 0.15) is 18.0 Å².